The quantitative estimate of drug-likeness (QED) is 0.332. The van der Waals surface area contributed by atoms with Crippen LogP contribution in [-0.2, 0) is 11.8 Å². The van der Waals surface area contributed by atoms with Gasteiger partial charge in [0.2, 0.25) is 0 Å². The fourth-order valence-corrected chi connectivity index (χ4v) is 3.83. The van der Waals surface area contributed by atoms with Crippen molar-refractivity contribution in [2.75, 3.05) is 5.32 Å². The zero-order chi connectivity index (χ0) is 23.0. The minimum atomic E-state index is -2.86. The van der Waals surface area contributed by atoms with Crippen molar-refractivity contribution in [1.82, 2.24) is 0 Å². The molecule has 0 aliphatic heterocycles. The van der Waals surface area contributed by atoms with Gasteiger partial charge in [-0.15, -0.1) is 6.42 Å². The van der Waals surface area contributed by atoms with Gasteiger partial charge in [0.15, 0.2) is 0 Å². The van der Waals surface area contributed by atoms with Gasteiger partial charge >= 0.3 is 6.61 Å². The van der Waals surface area contributed by atoms with Gasteiger partial charge in [-0.3, -0.25) is 0 Å². The van der Waals surface area contributed by atoms with Crippen LogP contribution in [0.25, 0.3) is 0 Å². The number of benzene rings is 3. The van der Waals surface area contributed by atoms with Crippen LogP contribution in [0, 0.1) is 18.2 Å². The van der Waals surface area contributed by atoms with Crippen molar-refractivity contribution in [1.29, 1.82) is 0 Å². The molecule has 2 nitrogen and oxygen atoms in total. The number of rotatable bonds is 10. The minimum Gasteiger partial charge on any atom is -0.435 e. The predicted octanol–water partition coefficient (Wildman–Crippen LogP) is 7.47. The molecule has 3 aromatic rings. The van der Waals surface area contributed by atoms with Gasteiger partial charge in [0.05, 0.1) is 11.1 Å². The maximum atomic E-state index is 14.3. The molecular formula is C27H26F3NO. The van der Waals surface area contributed by atoms with E-state index in [0.29, 0.717) is 18.5 Å². The van der Waals surface area contributed by atoms with Gasteiger partial charge in [0.1, 0.15) is 11.6 Å². The number of aryl methyl sites for hydroxylation is 1. The summed E-state index contributed by atoms with van der Waals surface area (Å²) in [5.41, 5.74) is 2.65. The number of alkyl halides is 2. The molecule has 0 aliphatic carbocycles. The Kier molecular flexibility index (Phi) is 7.83. The second-order valence-electron chi connectivity index (χ2n) is 7.64. The number of para-hydroxylation sites is 1. The van der Waals surface area contributed by atoms with Crippen LogP contribution in [0.5, 0.6) is 5.75 Å². The van der Waals surface area contributed by atoms with Crippen LogP contribution < -0.4 is 10.1 Å². The van der Waals surface area contributed by atoms with Gasteiger partial charge < -0.3 is 10.1 Å². The predicted molar refractivity (Wildman–Crippen MR) is 123 cm³/mol. The molecule has 0 aliphatic rings. The lowest BCUT2D eigenvalue weighted by Gasteiger charge is -2.28. The summed E-state index contributed by atoms with van der Waals surface area (Å²) in [5.74, 6) is 2.72. The van der Waals surface area contributed by atoms with E-state index in [4.69, 9.17) is 6.42 Å². The number of nitrogens with one attached hydrogen (secondary N) is 1. The molecule has 0 bridgehead atoms. The van der Waals surface area contributed by atoms with Crippen LogP contribution in [0.3, 0.4) is 0 Å². The SMILES string of the molecule is C#CC(CC)(CCCc1ccc(F)c(Nc2ccccc2)c1)c1ccc(OC(F)F)cc1. The summed E-state index contributed by atoms with van der Waals surface area (Å²) in [4.78, 5) is 0. The molecule has 0 spiro atoms. The summed E-state index contributed by atoms with van der Waals surface area (Å²) >= 11 is 0. The van der Waals surface area contributed by atoms with Crippen LogP contribution in [0.4, 0.5) is 24.5 Å². The Morgan fingerprint density at radius 1 is 1.03 bits per heavy atom. The highest BCUT2D eigenvalue weighted by Gasteiger charge is 2.27. The van der Waals surface area contributed by atoms with Crippen molar-refractivity contribution < 1.29 is 17.9 Å². The maximum absolute atomic E-state index is 14.3. The van der Waals surface area contributed by atoms with Gasteiger partial charge in [0, 0.05) is 5.69 Å². The Bertz CT molecular complexity index is 1040. The highest BCUT2D eigenvalue weighted by Crippen LogP contribution is 2.34. The van der Waals surface area contributed by atoms with Crippen LogP contribution in [0.2, 0.25) is 0 Å². The topological polar surface area (TPSA) is 21.3 Å². The largest absolute Gasteiger partial charge is 0.435 e. The first-order chi connectivity index (χ1) is 15.5. The first-order valence-electron chi connectivity index (χ1n) is 10.6. The van der Waals surface area contributed by atoms with E-state index in [1.165, 1.54) is 18.2 Å². The van der Waals surface area contributed by atoms with Crippen LogP contribution >= 0.6 is 0 Å². The van der Waals surface area contributed by atoms with Crippen LogP contribution in [0.1, 0.15) is 37.3 Å². The highest BCUT2D eigenvalue weighted by atomic mass is 19.3. The fraction of sp³-hybridized carbons (Fsp3) is 0.259. The molecule has 166 valence electrons. The Hall–Kier alpha value is -3.39. The van der Waals surface area contributed by atoms with E-state index < -0.39 is 12.0 Å². The van der Waals surface area contributed by atoms with E-state index in [-0.39, 0.29) is 11.6 Å². The molecule has 0 saturated carbocycles. The first-order valence-corrected chi connectivity index (χ1v) is 10.6. The van der Waals surface area contributed by atoms with E-state index in [2.05, 4.69) is 16.0 Å². The monoisotopic (exact) mass is 437 g/mol. The Labute approximate surface area is 187 Å². The zero-order valence-corrected chi connectivity index (χ0v) is 18.0. The molecule has 32 heavy (non-hydrogen) atoms. The van der Waals surface area contributed by atoms with E-state index >= 15 is 0 Å². The third-order valence-electron chi connectivity index (χ3n) is 5.66. The molecule has 0 radical (unpaired) electrons. The van der Waals surface area contributed by atoms with E-state index in [1.807, 2.05) is 43.3 Å². The summed E-state index contributed by atoms with van der Waals surface area (Å²) in [6, 6.07) is 21.1. The molecule has 1 unspecified atom stereocenters. The number of halogens is 3. The zero-order valence-electron chi connectivity index (χ0n) is 18.0. The molecule has 1 N–H and O–H groups in total. The molecule has 0 fully saturated rings. The number of terminal acetylenes is 1. The Morgan fingerprint density at radius 3 is 2.38 bits per heavy atom. The van der Waals surface area contributed by atoms with Gasteiger partial charge in [-0.2, -0.15) is 8.78 Å². The van der Waals surface area contributed by atoms with Gasteiger partial charge in [-0.05, 0) is 73.2 Å². The molecule has 3 rings (SSSR count). The molecule has 5 heteroatoms. The van der Waals surface area contributed by atoms with Crippen molar-refractivity contribution in [3.63, 3.8) is 0 Å². The molecule has 0 heterocycles. The minimum absolute atomic E-state index is 0.107. The normalized spacial score (nSPS) is 12.8. The smallest absolute Gasteiger partial charge is 0.387 e. The Morgan fingerprint density at radius 2 is 1.75 bits per heavy atom. The molecule has 1 atom stereocenters. The number of ether oxygens (including phenoxy) is 1. The number of hydrogen-bond acceptors (Lipinski definition) is 2. The van der Waals surface area contributed by atoms with Gasteiger partial charge in [0.25, 0.3) is 0 Å². The lowest BCUT2D eigenvalue weighted by molar-refractivity contribution is -0.0498. The van der Waals surface area contributed by atoms with E-state index in [9.17, 15) is 13.2 Å². The highest BCUT2D eigenvalue weighted by molar-refractivity contribution is 5.60. The number of anilines is 2. The Balaban J connectivity index is 1.68. The second-order valence-corrected chi connectivity index (χ2v) is 7.64. The number of hydrogen-bond donors (Lipinski definition) is 1. The third-order valence-corrected chi connectivity index (χ3v) is 5.66. The van der Waals surface area contributed by atoms with Crippen molar-refractivity contribution >= 4 is 11.4 Å². The molecule has 0 saturated heterocycles. The molecule has 0 amide bonds. The maximum Gasteiger partial charge on any atom is 0.387 e. The van der Waals surface area contributed by atoms with E-state index in [1.54, 1.807) is 18.2 Å². The molecule has 0 aromatic heterocycles. The van der Waals surface area contributed by atoms with Crippen LogP contribution in [0.15, 0.2) is 72.8 Å². The van der Waals surface area contributed by atoms with Crippen molar-refractivity contribution in [3.05, 3.63) is 89.7 Å². The average molecular weight is 438 g/mol. The lowest BCUT2D eigenvalue weighted by atomic mass is 9.75. The summed E-state index contributed by atoms with van der Waals surface area (Å²) in [7, 11) is 0. The lowest BCUT2D eigenvalue weighted by Crippen LogP contribution is -2.23. The molecular weight excluding hydrogens is 411 g/mol. The second kappa shape index (κ2) is 10.8. The average Bonchev–Trinajstić information content (AvgIpc) is 2.80. The van der Waals surface area contributed by atoms with Crippen molar-refractivity contribution in [2.45, 2.75) is 44.6 Å². The summed E-state index contributed by atoms with van der Waals surface area (Å²) in [6.07, 6.45) is 8.88. The third kappa shape index (κ3) is 5.85. The summed E-state index contributed by atoms with van der Waals surface area (Å²) < 4.78 is 43.5. The van der Waals surface area contributed by atoms with Gasteiger partial charge in [-0.25, -0.2) is 4.39 Å². The van der Waals surface area contributed by atoms with E-state index in [0.717, 1.165) is 29.7 Å². The molecule has 3 aromatic carbocycles. The van der Waals surface area contributed by atoms with Crippen molar-refractivity contribution in [3.8, 4) is 18.1 Å². The summed E-state index contributed by atoms with van der Waals surface area (Å²) in [6.45, 7) is -0.843. The standard InChI is InChI=1S/C27H26F3NO/c1-3-27(4-2,21-13-15-23(16-14-21)32-26(29)30)18-8-9-20-12-17-24(28)25(19-20)31-22-10-6-5-7-11-22/h1,5-7,10-17,19,26,31H,4,8-9,18H2,2H3. The van der Waals surface area contributed by atoms with Crippen molar-refractivity contribution in [2.24, 2.45) is 0 Å². The summed E-state index contributed by atoms with van der Waals surface area (Å²) in [5, 5.41) is 3.11. The first kappa shape index (κ1) is 23.3. The fourth-order valence-electron chi connectivity index (χ4n) is 3.83. The van der Waals surface area contributed by atoms with Gasteiger partial charge in [-0.1, -0.05) is 49.2 Å². The van der Waals surface area contributed by atoms with Crippen LogP contribution in [-0.4, -0.2) is 6.61 Å².